The average molecular weight is 313 g/mol. The maximum Gasteiger partial charge on any atom is 0.310 e. The minimum Gasteiger partial charge on any atom is -0.481 e. The van der Waals surface area contributed by atoms with Crippen molar-refractivity contribution in [2.75, 3.05) is 11.4 Å². The van der Waals surface area contributed by atoms with Crippen LogP contribution in [-0.4, -0.2) is 35.2 Å². The molecule has 0 saturated carbocycles. The lowest BCUT2D eigenvalue weighted by Crippen LogP contribution is -2.39. The van der Waals surface area contributed by atoms with Gasteiger partial charge in [-0.15, -0.1) is 0 Å². The molecular formula is C18H19NO4. The van der Waals surface area contributed by atoms with Crippen LogP contribution < -0.4 is 4.90 Å². The van der Waals surface area contributed by atoms with E-state index in [-0.39, 0.29) is 5.91 Å². The molecule has 1 aromatic rings. The number of anilines is 1. The number of hydrogen-bond acceptors (Lipinski definition) is 3. The van der Waals surface area contributed by atoms with Crippen LogP contribution in [0.5, 0.6) is 0 Å². The number of rotatable bonds is 3. The predicted octanol–water partition coefficient (Wildman–Crippen LogP) is 2.18. The van der Waals surface area contributed by atoms with Gasteiger partial charge in [-0.3, -0.25) is 9.59 Å². The molecule has 4 rings (SSSR count). The van der Waals surface area contributed by atoms with Gasteiger partial charge in [0, 0.05) is 5.69 Å². The molecule has 0 radical (unpaired) electrons. The molecule has 1 N–H and O–H groups in total. The molecule has 3 aliphatic rings. The fourth-order valence-corrected chi connectivity index (χ4v) is 4.04. The number of carboxylic acid groups (broad SMARTS) is 1. The van der Waals surface area contributed by atoms with E-state index < -0.39 is 29.5 Å². The van der Waals surface area contributed by atoms with Crippen LogP contribution in [0.3, 0.4) is 0 Å². The van der Waals surface area contributed by atoms with Gasteiger partial charge in [0.15, 0.2) is 0 Å². The molecule has 0 aromatic heterocycles. The summed E-state index contributed by atoms with van der Waals surface area (Å²) in [6.45, 7) is 4.62. The van der Waals surface area contributed by atoms with Crippen LogP contribution in [-0.2, 0) is 14.3 Å². The summed E-state index contributed by atoms with van der Waals surface area (Å²) in [5, 5.41) is 9.47. The number of carbonyl (C=O) groups excluding carboxylic acids is 1. The third-order valence-electron chi connectivity index (χ3n) is 5.26. The summed E-state index contributed by atoms with van der Waals surface area (Å²) in [7, 11) is 0. The topological polar surface area (TPSA) is 66.8 Å². The van der Waals surface area contributed by atoms with Crippen molar-refractivity contribution in [3.8, 4) is 0 Å². The van der Waals surface area contributed by atoms with Gasteiger partial charge >= 0.3 is 5.97 Å². The van der Waals surface area contributed by atoms with Crippen molar-refractivity contribution in [2.24, 2.45) is 11.8 Å². The van der Waals surface area contributed by atoms with Crippen LogP contribution in [0.15, 0.2) is 36.4 Å². The third-order valence-corrected chi connectivity index (χ3v) is 5.26. The highest BCUT2D eigenvalue weighted by Crippen LogP contribution is 2.52. The third kappa shape index (κ3) is 1.89. The van der Waals surface area contributed by atoms with Crippen molar-refractivity contribution in [2.45, 2.75) is 31.5 Å². The molecule has 3 aliphatic heterocycles. The number of carbonyl (C=O) groups is 2. The van der Waals surface area contributed by atoms with Crippen LogP contribution in [0, 0.1) is 11.8 Å². The van der Waals surface area contributed by atoms with E-state index in [0.717, 1.165) is 5.69 Å². The van der Waals surface area contributed by atoms with E-state index in [1.165, 1.54) is 5.56 Å². The van der Waals surface area contributed by atoms with E-state index in [9.17, 15) is 14.7 Å². The van der Waals surface area contributed by atoms with Gasteiger partial charge in [0.2, 0.25) is 5.91 Å². The summed E-state index contributed by atoms with van der Waals surface area (Å²) in [6.07, 6.45) is 3.18. The van der Waals surface area contributed by atoms with E-state index in [0.29, 0.717) is 12.5 Å². The predicted molar refractivity (Wildman–Crippen MR) is 84.2 cm³/mol. The molecule has 1 spiro atoms. The number of benzene rings is 1. The van der Waals surface area contributed by atoms with Gasteiger partial charge in [-0.2, -0.15) is 0 Å². The summed E-state index contributed by atoms with van der Waals surface area (Å²) in [4.78, 5) is 26.1. The molecule has 0 aliphatic carbocycles. The summed E-state index contributed by atoms with van der Waals surface area (Å²) >= 11 is 0. The Balaban J connectivity index is 1.67. The number of carboxylic acids is 1. The van der Waals surface area contributed by atoms with Gasteiger partial charge in [0.05, 0.1) is 18.6 Å². The summed E-state index contributed by atoms with van der Waals surface area (Å²) in [5.74, 6) is -2.10. The first kappa shape index (κ1) is 14.5. The van der Waals surface area contributed by atoms with Gasteiger partial charge in [-0.05, 0) is 23.6 Å². The first-order chi connectivity index (χ1) is 10.9. The Kier molecular flexibility index (Phi) is 2.94. The summed E-state index contributed by atoms with van der Waals surface area (Å²) in [5.41, 5.74) is 1.23. The standard InChI is InChI=1S/C18H19NO4/c1-10(2)11-3-5-12(6-4-11)19-9-18-8-7-13(23-18)14(17(21)22)15(18)16(19)20/h3-8,10,13-15H,9H2,1-2H3,(H,21,22)/t13-,14?,15?,18-/m1/s1. The monoisotopic (exact) mass is 313 g/mol. The first-order valence-electron chi connectivity index (χ1n) is 7.94. The Bertz CT molecular complexity index is 708. The lowest BCUT2D eigenvalue weighted by atomic mass is 9.77. The second-order valence-electron chi connectivity index (χ2n) is 6.91. The Morgan fingerprint density at radius 1 is 1.35 bits per heavy atom. The smallest absolute Gasteiger partial charge is 0.310 e. The van der Waals surface area contributed by atoms with Crippen LogP contribution in [0.4, 0.5) is 5.69 Å². The van der Waals surface area contributed by atoms with Crippen LogP contribution >= 0.6 is 0 Å². The molecule has 2 saturated heterocycles. The lowest BCUT2D eigenvalue weighted by Gasteiger charge is -2.21. The Hall–Kier alpha value is -2.14. The van der Waals surface area contributed by atoms with Gasteiger partial charge < -0.3 is 14.7 Å². The highest BCUT2D eigenvalue weighted by Gasteiger charge is 2.67. The van der Waals surface area contributed by atoms with Gasteiger partial charge in [0.1, 0.15) is 11.5 Å². The number of aliphatic carboxylic acids is 1. The molecule has 1 amide bonds. The van der Waals surface area contributed by atoms with Crippen LogP contribution in [0.2, 0.25) is 0 Å². The Morgan fingerprint density at radius 2 is 2.04 bits per heavy atom. The molecule has 120 valence electrons. The maximum absolute atomic E-state index is 12.9. The van der Waals surface area contributed by atoms with Crippen LogP contribution in [0.1, 0.15) is 25.3 Å². The summed E-state index contributed by atoms with van der Waals surface area (Å²) in [6, 6.07) is 7.89. The minimum atomic E-state index is -0.961. The second kappa shape index (κ2) is 4.68. The van der Waals surface area contributed by atoms with E-state index >= 15 is 0 Å². The second-order valence-corrected chi connectivity index (χ2v) is 6.91. The van der Waals surface area contributed by atoms with Crippen molar-refractivity contribution < 1.29 is 19.4 Å². The lowest BCUT2D eigenvalue weighted by molar-refractivity contribution is -0.146. The zero-order valence-electron chi connectivity index (χ0n) is 13.1. The fraction of sp³-hybridized carbons (Fsp3) is 0.444. The number of ether oxygens (including phenoxy) is 1. The summed E-state index contributed by atoms with van der Waals surface area (Å²) < 4.78 is 5.89. The maximum atomic E-state index is 12.9. The Labute approximate surface area is 134 Å². The van der Waals surface area contributed by atoms with Gasteiger partial charge in [-0.25, -0.2) is 0 Å². The first-order valence-corrected chi connectivity index (χ1v) is 7.94. The zero-order valence-corrected chi connectivity index (χ0v) is 13.1. The minimum absolute atomic E-state index is 0.151. The average Bonchev–Trinajstić information content (AvgIpc) is 3.15. The SMILES string of the molecule is CC(C)c1ccc(N2C[C@@]34C=C[C@@H](O3)C(C(=O)O)C4C2=O)cc1. The van der Waals surface area contributed by atoms with E-state index in [4.69, 9.17) is 4.74 Å². The van der Waals surface area contributed by atoms with Crippen LogP contribution in [0.25, 0.3) is 0 Å². The molecule has 2 unspecified atom stereocenters. The van der Waals surface area contributed by atoms with Gasteiger partial charge in [-0.1, -0.05) is 38.1 Å². The van der Waals surface area contributed by atoms with E-state index in [1.807, 2.05) is 30.3 Å². The van der Waals surface area contributed by atoms with Crippen molar-refractivity contribution in [1.29, 1.82) is 0 Å². The van der Waals surface area contributed by atoms with Gasteiger partial charge in [0.25, 0.3) is 0 Å². The van der Waals surface area contributed by atoms with E-state index in [2.05, 4.69) is 13.8 Å². The largest absolute Gasteiger partial charge is 0.481 e. The molecule has 1 aromatic carbocycles. The van der Waals surface area contributed by atoms with Crippen molar-refractivity contribution in [3.63, 3.8) is 0 Å². The van der Waals surface area contributed by atoms with Crippen molar-refractivity contribution in [3.05, 3.63) is 42.0 Å². The number of hydrogen-bond donors (Lipinski definition) is 1. The highest BCUT2D eigenvalue weighted by atomic mass is 16.5. The quantitative estimate of drug-likeness (QED) is 0.869. The molecule has 5 heteroatoms. The Morgan fingerprint density at radius 3 is 2.65 bits per heavy atom. The molecule has 2 bridgehead atoms. The molecular weight excluding hydrogens is 294 g/mol. The number of fused-ring (bicyclic) bond motifs is 1. The number of amides is 1. The van der Waals surface area contributed by atoms with E-state index in [1.54, 1.807) is 11.0 Å². The van der Waals surface area contributed by atoms with Crippen molar-refractivity contribution in [1.82, 2.24) is 0 Å². The molecule has 5 nitrogen and oxygen atoms in total. The molecule has 23 heavy (non-hydrogen) atoms. The zero-order chi connectivity index (χ0) is 16.4. The molecule has 3 heterocycles. The normalized spacial score (nSPS) is 34.5. The molecule has 4 atom stereocenters. The van der Waals surface area contributed by atoms with Crippen molar-refractivity contribution >= 4 is 17.6 Å². The molecule has 2 fully saturated rings. The number of nitrogens with zero attached hydrogens (tertiary/aromatic N) is 1. The highest BCUT2D eigenvalue weighted by molar-refractivity contribution is 6.02. The fourth-order valence-electron chi connectivity index (χ4n) is 4.04.